The Labute approximate surface area is 173 Å². The molecule has 0 fully saturated rings. The molecule has 6 nitrogen and oxygen atoms in total. The van der Waals surface area contributed by atoms with Crippen LogP contribution in [0.25, 0.3) is 0 Å². The monoisotopic (exact) mass is 402 g/mol. The van der Waals surface area contributed by atoms with E-state index < -0.39 is 0 Å². The molecule has 2 N–H and O–H groups in total. The van der Waals surface area contributed by atoms with E-state index >= 15 is 0 Å². The van der Waals surface area contributed by atoms with E-state index in [1.807, 2.05) is 14.1 Å². The maximum atomic E-state index is 11.1. The summed E-state index contributed by atoms with van der Waals surface area (Å²) in [4.78, 5) is 22.2. The van der Waals surface area contributed by atoms with Crippen LogP contribution in [0.3, 0.4) is 0 Å². The predicted molar refractivity (Wildman–Crippen MR) is 117 cm³/mol. The summed E-state index contributed by atoms with van der Waals surface area (Å²) >= 11 is 0. The molecule has 0 aliphatic rings. The molecule has 28 heavy (non-hydrogen) atoms. The van der Waals surface area contributed by atoms with Gasteiger partial charge in [0.25, 0.3) is 0 Å². The number of ether oxygens (including phenoxy) is 2. The van der Waals surface area contributed by atoms with E-state index in [4.69, 9.17) is 9.47 Å². The highest BCUT2D eigenvalue weighted by atomic mass is 16.5. The molecule has 168 valence electrons. The van der Waals surface area contributed by atoms with Gasteiger partial charge >= 0.3 is 11.9 Å². The zero-order chi connectivity index (χ0) is 21.3. The molecule has 6 heteroatoms. The summed E-state index contributed by atoms with van der Waals surface area (Å²) in [7, 11) is 3.89. The van der Waals surface area contributed by atoms with Crippen LogP contribution < -0.4 is 10.6 Å². The number of esters is 2. The van der Waals surface area contributed by atoms with Crippen molar-refractivity contribution in [2.75, 3.05) is 40.4 Å². The van der Waals surface area contributed by atoms with E-state index in [1.165, 1.54) is 0 Å². The first-order valence-electron chi connectivity index (χ1n) is 11.2. The molecule has 0 unspecified atom stereocenters. The third-order valence-corrected chi connectivity index (χ3v) is 4.14. The maximum Gasteiger partial charge on any atom is 0.305 e. The van der Waals surface area contributed by atoms with Gasteiger partial charge in [-0.25, -0.2) is 0 Å². The van der Waals surface area contributed by atoms with Crippen molar-refractivity contribution >= 4 is 11.9 Å². The van der Waals surface area contributed by atoms with E-state index in [1.54, 1.807) is 0 Å². The van der Waals surface area contributed by atoms with Crippen LogP contribution in [0.15, 0.2) is 0 Å². The Balaban J connectivity index is 0. The van der Waals surface area contributed by atoms with Crippen LogP contribution in [0.2, 0.25) is 0 Å². The largest absolute Gasteiger partial charge is 0.466 e. The fourth-order valence-electron chi connectivity index (χ4n) is 2.30. The van der Waals surface area contributed by atoms with Crippen molar-refractivity contribution in [2.24, 2.45) is 0 Å². The van der Waals surface area contributed by atoms with Gasteiger partial charge in [0.05, 0.1) is 13.2 Å². The first kappa shape index (κ1) is 29.1. The van der Waals surface area contributed by atoms with Gasteiger partial charge in [0, 0.05) is 12.8 Å². The Hall–Kier alpha value is -1.14. The summed E-state index contributed by atoms with van der Waals surface area (Å²) in [6.45, 7) is 7.42. The average molecular weight is 403 g/mol. The van der Waals surface area contributed by atoms with Crippen LogP contribution in [0.5, 0.6) is 0 Å². The minimum Gasteiger partial charge on any atom is -0.466 e. The minimum atomic E-state index is -0.0390. The third kappa shape index (κ3) is 27.1. The molecular formula is C22H46N2O4. The Morgan fingerprint density at radius 1 is 0.607 bits per heavy atom. The molecule has 0 spiro atoms. The second-order valence-electron chi connectivity index (χ2n) is 6.98. The number of carbonyl (C=O) groups is 2. The quantitative estimate of drug-likeness (QED) is 0.264. The van der Waals surface area contributed by atoms with Crippen LogP contribution in [0.4, 0.5) is 0 Å². The molecule has 0 atom stereocenters. The molecule has 0 aliphatic carbocycles. The van der Waals surface area contributed by atoms with Gasteiger partial charge in [0.1, 0.15) is 0 Å². The third-order valence-electron chi connectivity index (χ3n) is 4.14. The number of hydrogen-bond donors (Lipinski definition) is 2. The van der Waals surface area contributed by atoms with Gasteiger partial charge in [-0.2, -0.15) is 0 Å². The fraction of sp³-hybridized carbons (Fsp3) is 0.909. The zero-order valence-electron chi connectivity index (χ0n) is 18.9. The van der Waals surface area contributed by atoms with Crippen molar-refractivity contribution in [3.05, 3.63) is 0 Å². The summed E-state index contributed by atoms with van der Waals surface area (Å²) < 4.78 is 10.1. The summed E-state index contributed by atoms with van der Waals surface area (Å²) in [5.41, 5.74) is 0. The van der Waals surface area contributed by atoms with Gasteiger partial charge in [-0.05, 0) is 65.7 Å². The molecule has 0 rings (SSSR count). The molecule has 0 aromatic rings. The molecule has 0 radical (unpaired) electrons. The lowest BCUT2D eigenvalue weighted by Gasteiger charge is -2.03. The van der Waals surface area contributed by atoms with Crippen molar-refractivity contribution in [2.45, 2.75) is 90.9 Å². The molecule has 0 heterocycles. The van der Waals surface area contributed by atoms with Crippen LogP contribution >= 0.6 is 0 Å². The fourth-order valence-corrected chi connectivity index (χ4v) is 2.30. The highest BCUT2D eigenvalue weighted by molar-refractivity contribution is 5.69. The lowest BCUT2D eigenvalue weighted by Crippen LogP contribution is -2.08. The van der Waals surface area contributed by atoms with Gasteiger partial charge in [-0.15, -0.1) is 0 Å². The topological polar surface area (TPSA) is 76.7 Å². The molecule has 0 amide bonds. The molecule has 0 saturated heterocycles. The van der Waals surface area contributed by atoms with Crippen molar-refractivity contribution < 1.29 is 19.1 Å². The van der Waals surface area contributed by atoms with E-state index in [0.717, 1.165) is 77.3 Å². The van der Waals surface area contributed by atoms with Crippen LogP contribution in [0, 0.1) is 0 Å². The van der Waals surface area contributed by atoms with Crippen molar-refractivity contribution in [1.82, 2.24) is 10.6 Å². The standard InChI is InChI=1S/2C11H23NO2/c2*1-3-4-10-14-11(13)8-6-5-7-9-12-2/h2*12H,3-10H2,1-2H3. The highest BCUT2D eigenvalue weighted by Gasteiger charge is 2.02. The number of carbonyl (C=O) groups excluding carboxylic acids is 2. The lowest BCUT2D eigenvalue weighted by molar-refractivity contribution is -0.144. The van der Waals surface area contributed by atoms with Gasteiger partial charge in [0.2, 0.25) is 0 Å². The number of hydrogen-bond acceptors (Lipinski definition) is 6. The van der Waals surface area contributed by atoms with E-state index in [2.05, 4.69) is 24.5 Å². The van der Waals surface area contributed by atoms with Gasteiger partial charge < -0.3 is 20.1 Å². The molecule has 0 aromatic carbocycles. The Kier molecular flexibility index (Phi) is 26.8. The Bertz CT molecular complexity index is 306. The first-order chi connectivity index (χ1) is 13.6. The second-order valence-corrected chi connectivity index (χ2v) is 6.98. The second kappa shape index (κ2) is 25.9. The average Bonchev–Trinajstić information content (AvgIpc) is 2.68. The Morgan fingerprint density at radius 2 is 1.00 bits per heavy atom. The van der Waals surface area contributed by atoms with Crippen LogP contribution in [-0.2, 0) is 19.1 Å². The van der Waals surface area contributed by atoms with E-state index in [0.29, 0.717) is 26.1 Å². The smallest absolute Gasteiger partial charge is 0.305 e. The molecule has 0 bridgehead atoms. The maximum absolute atomic E-state index is 11.1. The SMILES string of the molecule is CCCCOC(=O)CCCCCNC.CCCCOC(=O)CCCCCNC. The molecular weight excluding hydrogens is 356 g/mol. The van der Waals surface area contributed by atoms with Crippen LogP contribution in [-0.4, -0.2) is 52.3 Å². The summed E-state index contributed by atoms with van der Waals surface area (Å²) in [6, 6.07) is 0. The van der Waals surface area contributed by atoms with Crippen molar-refractivity contribution in [1.29, 1.82) is 0 Å². The summed E-state index contributed by atoms with van der Waals surface area (Å²) in [5.74, 6) is -0.0779. The van der Waals surface area contributed by atoms with Gasteiger partial charge in [0.15, 0.2) is 0 Å². The van der Waals surface area contributed by atoms with E-state index in [9.17, 15) is 9.59 Å². The Morgan fingerprint density at radius 3 is 1.32 bits per heavy atom. The minimum absolute atomic E-state index is 0.0390. The van der Waals surface area contributed by atoms with E-state index in [-0.39, 0.29) is 11.9 Å². The van der Waals surface area contributed by atoms with Crippen LogP contribution in [0.1, 0.15) is 90.9 Å². The van der Waals surface area contributed by atoms with Crippen molar-refractivity contribution in [3.63, 3.8) is 0 Å². The highest BCUT2D eigenvalue weighted by Crippen LogP contribution is 2.02. The summed E-state index contributed by atoms with van der Waals surface area (Å²) in [6.07, 6.45) is 11.6. The normalized spacial score (nSPS) is 10.1. The molecule has 0 aromatic heterocycles. The number of nitrogens with one attached hydrogen (secondary N) is 2. The zero-order valence-corrected chi connectivity index (χ0v) is 18.9. The lowest BCUT2D eigenvalue weighted by atomic mass is 10.2. The number of rotatable bonds is 18. The van der Waals surface area contributed by atoms with Gasteiger partial charge in [-0.1, -0.05) is 39.5 Å². The predicted octanol–water partition coefficient (Wildman–Crippen LogP) is 4.22. The summed E-state index contributed by atoms with van der Waals surface area (Å²) in [5, 5.41) is 6.16. The number of unbranched alkanes of at least 4 members (excludes halogenated alkanes) is 6. The van der Waals surface area contributed by atoms with Crippen molar-refractivity contribution in [3.8, 4) is 0 Å². The molecule has 0 saturated carbocycles. The molecule has 0 aliphatic heterocycles. The van der Waals surface area contributed by atoms with Gasteiger partial charge in [-0.3, -0.25) is 9.59 Å². The first-order valence-corrected chi connectivity index (χ1v) is 11.2.